The molecule has 3 nitrogen and oxygen atoms in total. The van der Waals surface area contributed by atoms with Gasteiger partial charge in [0.15, 0.2) is 0 Å². The molecule has 0 saturated carbocycles. The largest absolute Gasteiger partial charge is 0.466 e. The van der Waals surface area contributed by atoms with Crippen molar-refractivity contribution in [3.63, 3.8) is 0 Å². The predicted octanol–water partition coefficient (Wildman–Crippen LogP) is 1.93. The van der Waals surface area contributed by atoms with Crippen molar-refractivity contribution in [3.8, 4) is 0 Å². The molecular weight excluding hydrogens is 204 g/mol. The summed E-state index contributed by atoms with van der Waals surface area (Å²) >= 11 is 0. The molecule has 0 aliphatic heterocycles. The first-order valence-electron chi connectivity index (χ1n) is 5.60. The van der Waals surface area contributed by atoms with Crippen molar-refractivity contribution in [2.24, 2.45) is 0 Å². The molecule has 16 heavy (non-hydrogen) atoms. The van der Waals surface area contributed by atoms with Gasteiger partial charge in [0.05, 0.1) is 19.1 Å². The zero-order valence-corrected chi connectivity index (χ0v) is 9.56. The molecule has 88 valence electrons. The Kier molecular flexibility index (Phi) is 5.57. The Morgan fingerprint density at radius 3 is 2.69 bits per heavy atom. The minimum Gasteiger partial charge on any atom is -0.466 e. The Morgan fingerprint density at radius 1 is 1.38 bits per heavy atom. The van der Waals surface area contributed by atoms with E-state index in [2.05, 4.69) is 0 Å². The van der Waals surface area contributed by atoms with Crippen LogP contribution in [0.5, 0.6) is 0 Å². The molecule has 0 aliphatic rings. The van der Waals surface area contributed by atoms with E-state index in [9.17, 15) is 9.90 Å². The van der Waals surface area contributed by atoms with Crippen molar-refractivity contribution in [3.05, 3.63) is 35.9 Å². The molecule has 0 aliphatic carbocycles. The summed E-state index contributed by atoms with van der Waals surface area (Å²) < 4.78 is 4.90. The first kappa shape index (κ1) is 12.7. The van der Waals surface area contributed by atoms with Gasteiger partial charge in [-0.2, -0.15) is 0 Å². The van der Waals surface area contributed by atoms with Crippen molar-refractivity contribution in [1.29, 1.82) is 0 Å². The summed E-state index contributed by atoms with van der Waals surface area (Å²) in [6.45, 7) is 2.37. The lowest BCUT2D eigenvalue weighted by atomic mass is 10.1. The lowest BCUT2D eigenvalue weighted by Crippen LogP contribution is -2.18. The van der Waals surface area contributed by atoms with E-state index in [4.69, 9.17) is 4.74 Å². The van der Waals surface area contributed by atoms with Crippen LogP contribution in [0.3, 0.4) is 0 Å². The molecule has 0 aromatic heterocycles. The SMILES string of the molecule is CCCOC(=O)CC(O)Cc1ccccc1. The lowest BCUT2D eigenvalue weighted by Gasteiger charge is -2.10. The summed E-state index contributed by atoms with van der Waals surface area (Å²) in [4.78, 5) is 11.2. The van der Waals surface area contributed by atoms with E-state index in [1.165, 1.54) is 0 Å². The van der Waals surface area contributed by atoms with Gasteiger partial charge in [0.2, 0.25) is 0 Å². The van der Waals surface area contributed by atoms with Crippen LogP contribution >= 0.6 is 0 Å². The average Bonchev–Trinajstić information content (AvgIpc) is 2.27. The highest BCUT2D eigenvalue weighted by atomic mass is 16.5. The van der Waals surface area contributed by atoms with Crippen molar-refractivity contribution < 1.29 is 14.6 Å². The molecule has 0 fully saturated rings. The van der Waals surface area contributed by atoms with Gasteiger partial charge in [-0.3, -0.25) is 4.79 Å². The Hall–Kier alpha value is -1.35. The van der Waals surface area contributed by atoms with Crippen LogP contribution in [0.2, 0.25) is 0 Å². The molecule has 1 aromatic carbocycles. The number of benzene rings is 1. The number of carbonyl (C=O) groups is 1. The number of aliphatic hydroxyl groups is 1. The van der Waals surface area contributed by atoms with E-state index in [1.54, 1.807) is 0 Å². The highest BCUT2D eigenvalue weighted by Crippen LogP contribution is 2.06. The molecule has 0 saturated heterocycles. The number of rotatable bonds is 6. The van der Waals surface area contributed by atoms with Crippen LogP contribution in [0.25, 0.3) is 0 Å². The van der Waals surface area contributed by atoms with Crippen molar-refractivity contribution in [2.75, 3.05) is 6.61 Å². The summed E-state index contributed by atoms with van der Waals surface area (Å²) in [6.07, 6.45) is 0.698. The highest BCUT2D eigenvalue weighted by Gasteiger charge is 2.12. The third-order valence-electron chi connectivity index (χ3n) is 2.18. The quantitative estimate of drug-likeness (QED) is 0.748. The fourth-order valence-electron chi connectivity index (χ4n) is 1.43. The number of carbonyl (C=O) groups excluding carboxylic acids is 1. The highest BCUT2D eigenvalue weighted by molar-refractivity contribution is 5.69. The van der Waals surface area contributed by atoms with Gasteiger partial charge in [0.1, 0.15) is 0 Å². The van der Waals surface area contributed by atoms with Crippen LogP contribution in [-0.2, 0) is 16.0 Å². The van der Waals surface area contributed by atoms with Gasteiger partial charge in [-0.05, 0) is 18.4 Å². The molecule has 1 unspecified atom stereocenters. The molecule has 1 aromatic rings. The first-order valence-corrected chi connectivity index (χ1v) is 5.60. The summed E-state index contributed by atoms with van der Waals surface area (Å²) in [6, 6.07) is 9.61. The van der Waals surface area contributed by atoms with E-state index in [1.807, 2.05) is 37.3 Å². The zero-order valence-electron chi connectivity index (χ0n) is 9.56. The molecule has 0 bridgehead atoms. The van der Waals surface area contributed by atoms with Crippen LogP contribution in [-0.4, -0.2) is 23.8 Å². The molecule has 0 radical (unpaired) electrons. The molecule has 0 heterocycles. The fraction of sp³-hybridized carbons (Fsp3) is 0.462. The topological polar surface area (TPSA) is 46.5 Å². The second-order valence-electron chi connectivity index (χ2n) is 3.77. The maximum absolute atomic E-state index is 11.2. The normalized spacial score (nSPS) is 12.1. The maximum Gasteiger partial charge on any atom is 0.308 e. The molecule has 0 spiro atoms. The van der Waals surface area contributed by atoms with Crippen molar-refractivity contribution in [1.82, 2.24) is 0 Å². The van der Waals surface area contributed by atoms with E-state index in [0.717, 1.165) is 12.0 Å². The number of aliphatic hydroxyl groups excluding tert-OH is 1. The third-order valence-corrected chi connectivity index (χ3v) is 2.18. The van der Waals surface area contributed by atoms with E-state index in [0.29, 0.717) is 13.0 Å². The van der Waals surface area contributed by atoms with Gasteiger partial charge < -0.3 is 9.84 Å². The van der Waals surface area contributed by atoms with Gasteiger partial charge in [-0.15, -0.1) is 0 Å². The minimum absolute atomic E-state index is 0.0644. The van der Waals surface area contributed by atoms with Gasteiger partial charge in [0, 0.05) is 0 Å². The molecule has 3 heteroatoms. The first-order chi connectivity index (χ1) is 7.72. The molecule has 0 amide bonds. The van der Waals surface area contributed by atoms with Crippen LogP contribution in [0.15, 0.2) is 30.3 Å². The molecule has 1 rings (SSSR count). The van der Waals surface area contributed by atoms with Gasteiger partial charge in [0.25, 0.3) is 0 Å². The van der Waals surface area contributed by atoms with E-state index < -0.39 is 6.10 Å². The second-order valence-corrected chi connectivity index (χ2v) is 3.77. The Morgan fingerprint density at radius 2 is 2.06 bits per heavy atom. The number of ether oxygens (including phenoxy) is 1. The average molecular weight is 222 g/mol. The Labute approximate surface area is 96.1 Å². The van der Waals surface area contributed by atoms with Gasteiger partial charge in [-0.1, -0.05) is 37.3 Å². The lowest BCUT2D eigenvalue weighted by molar-refractivity contribution is -0.145. The van der Waals surface area contributed by atoms with E-state index >= 15 is 0 Å². The van der Waals surface area contributed by atoms with Crippen molar-refractivity contribution in [2.45, 2.75) is 32.3 Å². The number of hydrogen-bond donors (Lipinski definition) is 1. The Bertz CT molecular complexity index is 308. The Balaban J connectivity index is 2.30. The third kappa shape index (κ3) is 4.94. The van der Waals surface area contributed by atoms with Crippen LogP contribution in [0.1, 0.15) is 25.3 Å². The summed E-state index contributed by atoms with van der Waals surface area (Å²) in [5.74, 6) is -0.328. The second kappa shape index (κ2) is 7.01. The van der Waals surface area contributed by atoms with Crippen LogP contribution < -0.4 is 0 Å². The minimum atomic E-state index is -0.660. The molecule has 1 atom stereocenters. The summed E-state index contributed by atoms with van der Waals surface area (Å²) in [5, 5.41) is 9.67. The summed E-state index contributed by atoms with van der Waals surface area (Å²) in [7, 11) is 0. The summed E-state index contributed by atoms with van der Waals surface area (Å²) in [5.41, 5.74) is 1.03. The zero-order chi connectivity index (χ0) is 11.8. The molecular formula is C13H18O3. The predicted molar refractivity (Wildman–Crippen MR) is 62.0 cm³/mol. The van der Waals surface area contributed by atoms with E-state index in [-0.39, 0.29) is 12.4 Å². The van der Waals surface area contributed by atoms with Crippen LogP contribution in [0, 0.1) is 0 Å². The maximum atomic E-state index is 11.2. The standard InChI is InChI=1S/C13H18O3/c1-2-8-16-13(15)10-12(14)9-11-6-4-3-5-7-11/h3-7,12,14H,2,8-10H2,1H3. The monoisotopic (exact) mass is 222 g/mol. The van der Waals surface area contributed by atoms with Crippen molar-refractivity contribution >= 4 is 5.97 Å². The van der Waals surface area contributed by atoms with Gasteiger partial charge in [-0.25, -0.2) is 0 Å². The molecule has 1 N–H and O–H groups in total. The van der Waals surface area contributed by atoms with Gasteiger partial charge >= 0.3 is 5.97 Å². The fourth-order valence-corrected chi connectivity index (χ4v) is 1.43. The van der Waals surface area contributed by atoms with Crippen LogP contribution in [0.4, 0.5) is 0 Å². The number of esters is 1. The smallest absolute Gasteiger partial charge is 0.308 e. The number of hydrogen-bond acceptors (Lipinski definition) is 3.